The first-order chi connectivity index (χ1) is 17.6. The third kappa shape index (κ3) is 6.13. The average Bonchev–Trinajstić information content (AvgIpc) is 3.21. The van der Waals surface area contributed by atoms with E-state index in [1.165, 1.54) is 16.2 Å². The number of hydrogen-bond donors (Lipinski definition) is 0. The fourth-order valence-corrected chi connectivity index (χ4v) is 6.06. The van der Waals surface area contributed by atoms with E-state index in [-0.39, 0.29) is 23.1 Å². The second-order valence-electron chi connectivity index (χ2n) is 12.9. The summed E-state index contributed by atoms with van der Waals surface area (Å²) in [4.78, 5) is 13.2. The molecule has 0 aliphatic carbocycles. The largest absolute Gasteiger partial charge is 0.494 e. The molecule has 1 saturated heterocycles. The van der Waals surface area contributed by atoms with Crippen LogP contribution in [0, 0.1) is 5.41 Å². The smallest absolute Gasteiger partial charge is 0.428 e. The molecule has 0 radical (unpaired) electrons. The van der Waals surface area contributed by atoms with Gasteiger partial charge in [-0.25, -0.2) is 0 Å². The van der Waals surface area contributed by atoms with Gasteiger partial charge in [-0.1, -0.05) is 58.9 Å². The van der Waals surface area contributed by atoms with E-state index in [0.29, 0.717) is 13.0 Å². The maximum atomic E-state index is 12.0. The lowest BCUT2D eigenvalue weighted by atomic mass is 9.79. The summed E-state index contributed by atoms with van der Waals surface area (Å²) < 4.78 is 20.4. The molecule has 2 aromatic carbocycles. The Balaban J connectivity index is 1.77. The summed E-state index contributed by atoms with van der Waals surface area (Å²) >= 11 is 3.78. The lowest BCUT2D eigenvalue weighted by Gasteiger charge is -2.32. The van der Waals surface area contributed by atoms with Gasteiger partial charge < -0.3 is 21.7 Å². The molecule has 4 rings (SSSR count). The number of carbonyl (C=O) groups excluding carboxylic acids is 1. The Hall–Kier alpha value is -1.49. The third-order valence-corrected chi connectivity index (χ3v) is 9.16. The maximum Gasteiger partial charge on any atom is 0.494 e. The standard InChI is InChI=1S/C30H39BINO4S/c1-27(2,3)38-26-23-16-22(35-32)14-15-24(23)33(25(26)17-28(4,5)19-34)18-20-10-12-21(13-11-20)31-36-29(6,7)30(8,9)37-31/h10-16,19H,17-18H2,1-9H3. The monoisotopic (exact) mass is 647 g/mol. The summed E-state index contributed by atoms with van der Waals surface area (Å²) in [7, 11) is -0.383. The Morgan fingerprint density at radius 2 is 1.61 bits per heavy atom. The molecule has 1 fully saturated rings. The molecule has 0 amide bonds. The average molecular weight is 647 g/mol. The Kier molecular flexibility index (Phi) is 8.14. The topological polar surface area (TPSA) is 49.7 Å². The number of aromatic nitrogens is 1. The number of halogens is 1. The molecule has 0 N–H and O–H groups in total. The summed E-state index contributed by atoms with van der Waals surface area (Å²) in [5.74, 6) is 0.818. The molecule has 8 heteroatoms. The number of fused-ring (bicyclic) bond motifs is 1. The van der Waals surface area contributed by atoms with Crippen molar-refractivity contribution < 1.29 is 17.2 Å². The first-order valence-electron chi connectivity index (χ1n) is 13.1. The van der Waals surface area contributed by atoms with Crippen LogP contribution < -0.4 is 8.53 Å². The number of aldehydes is 1. The van der Waals surface area contributed by atoms with Crippen LogP contribution in [0.3, 0.4) is 0 Å². The Bertz CT molecular complexity index is 1310. The van der Waals surface area contributed by atoms with Crippen LogP contribution in [0.5, 0.6) is 5.75 Å². The molecule has 0 spiro atoms. The SMILES string of the molecule is CC(C)(C=O)Cc1c(SC(C)(C)C)c2cc(OI)ccc2n1Cc1ccc(B2OC(C)(C)C(C)(C)O2)cc1. The van der Waals surface area contributed by atoms with Crippen molar-refractivity contribution in [3.63, 3.8) is 0 Å². The van der Waals surface area contributed by atoms with E-state index in [9.17, 15) is 4.79 Å². The number of rotatable bonds is 8. The van der Waals surface area contributed by atoms with Gasteiger partial charge in [-0.3, -0.25) is 0 Å². The first kappa shape index (κ1) is 29.5. The molecular formula is C30H39BINO4S. The minimum atomic E-state index is -0.484. The molecule has 1 aliphatic rings. The van der Waals surface area contributed by atoms with E-state index in [2.05, 4.69) is 89.4 Å². The van der Waals surface area contributed by atoms with Gasteiger partial charge in [0.25, 0.3) is 0 Å². The summed E-state index contributed by atoms with van der Waals surface area (Å²) in [6.45, 7) is 19.7. The third-order valence-electron chi connectivity index (χ3n) is 7.38. The van der Waals surface area contributed by atoms with E-state index < -0.39 is 5.41 Å². The Morgan fingerprint density at radius 1 is 1.00 bits per heavy atom. The minimum absolute atomic E-state index is 0.00482. The van der Waals surface area contributed by atoms with Crippen LogP contribution in [-0.4, -0.2) is 33.9 Å². The van der Waals surface area contributed by atoms with Crippen molar-refractivity contribution in [3.8, 4) is 5.75 Å². The highest BCUT2D eigenvalue weighted by Crippen LogP contribution is 2.44. The number of benzene rings is 2. The normalized spacial score (nSPS) is 17.3. The van der Waals surface area contributed by atoms with Gasteiger partial charge in [0, 0.05) is 44.6 Å². The summed E-state index contributed by atoms with van der Waals surface area (Å²) in [5.41, 5.74) is 3.28. The predicted molar refractivity (Wildman–Crippen MR) is 167 cm³/mol. The van der Waals surface area contributed by atoms with Gasteiger partial charge in [0.15, 0.2) is 23.0 Å². The highest BCUT2D eigenvalue weighted by atomic mass is 127. The van der Waals surface area contributed by atoms with Crippen LogP contribution in [0.25, 0.3) is 10.9 Å². The molecule has 38 heavy (non-hydrogen) atoms. The van der Waals surface area contributed by atoms with Crippen LogP contribution in [-0.2, 0) is 27.1 Å². The Morgan fingerprint density at radius 3 is 2.13 bits per heavy atom. The molecule has 0 saturated carbocycles. The fraction of sp³-hybridized carbons (Fsp3) is 0.500. The summed E-state index contributed by atoms with van der Waals surface area (Å²) in [5, 5.41) is 1.16. The van der Waals surface area contributed by atoms with E-state index in [0.717, 1.165) is 28.4 Å². The van der Waals surface area contributed by atoms with E-state index in [1.54, 1.807) is 0 Å². The highest BCUT2D eigenvalue weighted by molar-refractivity contribution is 14.1. The van der Waals surface area contributed by atoms with Gasteiger partial charge in [-0.15, -0.1) is 11.8 Å². The molecule has 0 atom stereocenters. The van der Waals surface area contributed by atoms with Crippen LogP contribution in [0.2, 0.25) is 0 Å². The zero-order valence-electron chi connectivity index (χ0n) is 24.0. The van der Waals surface area contributed by atoms with E-state index in [1.807, 2.05) is 54.7 Å². The van der Waals surface area contributed by atoms with E-state index >= 15 is 0 Å². The quantitative estimate of drug-likeness (QED) is 0.111. The molecule has 0 unspecified atom stereocenters. The lowest BCUT2D eigenvalue weighted by molar-refractivity contribution is -0.114. The molecule has 0 bridgehead atoms. The van der Waals surface area contributed by atoms with Crippen molar-refractivity contribution in [2.75, 3.05) is 0 Å². The number of thioether (sulfide) groups is 1. The van der Waals surface area contributed by atoms with Crippen LogP contribution in [0.15, 0.2) is 47.4 Å². The van der Waals surface area contributed by atoms with Gasteiger partial charge >= 0.3 is 7.12 Å². The number of carbonyl (C=O) groups is 1. The molecule has 1 aromatic heterocycles. The second kappa shape index (κ2) is 10.5. The highest BCUT2D eigenvalue weighted by Gasteiger charge is 2.51. The van der Waals surface area contributed by atoms with Gasteiger partial charge in [-0.2, -0.15) is 0 Å². The maximum absolute atomic E-state index is 12.0. The van der Waals surface area contributed by atoms with Gasteiger partial charge in [0.05, 0.1) is 11.2 Å². The molecule has 3 aromatic rings. The lowest BCUT2D eigenvalue weighted by Crippen LogP contribution is -2.41. The zero-order valence-corrected chi connectivity index (χ0v) is 27.0. The number of hydrogen-bond acceptors (Lipinski definition) is 5. The van der Waals surface area contributed by atoms with E-state index in [4.69, 9.17) is 12.4 Å². The van der Waals surface area contributed by atoms with Crippen LogP contribution in [0.4, 0.5) is 0 Å². The zero-order chi connectivity index (χ0) is 28.1. The van der Waals surface area contributed by atoms with Gasteiger partial charge in [0.1, 0.15) is 12.0 Å². The van der Waals surface area contributed by atoms with Gasteiger partial charge in [-0.05, 0) is 56.9 Å². The predicted octanol–water partition coefficient (Wildman–Crippen LogP) is 7.38. The van der Waals surface area contributed by atoms with Crippen LogP contribution >= 0.6 is 34.8 Å². The fourth-order valence-electron chi connectivity index (χ4n) is 4.60. The Labute approximate surface area is 246 Å². The van der Waals surface area contributed by atoms with Crippen molar-refractivity contribution in [3.05, 3.63) is 53.7 Å². The van der Waals surface area contributed by atoms with Crippen molar-refractivity contribution >= 4 is 64.5 Å². The van der Waals surface area contributed by atoms with Crippen molar-refractivity contribution in [1.82, 2.24) is 4.57 Å². The van der Waals surface area contributed by atoms with Crippen LogP contribution in [0.1, 0.15) is 73.6 Å². The molecule has 204 valence electrons. The van der Waals surface area contributed by atoms with Gasteiger partial charge in [0.2, 0.25) is 0 Å². The molecule has 2 heterocycles. The first-order valence-corrected chi connectivity index (χ1v) is 14.8. The molecule has 5 nitrogen and oxygen atoms in total. The summed E-state index contributed by atoms with van der Waals surface area (Å²) in [6, 6.07) is 14.8. The second-order valence-corrected chi connectivity index (χ2v) is 15.2. The molecule has 1 aliphatic heterocycles. The van der Waals surface area contributed by atoms with Crippen molar-refractivity contribution in [2.24, 2.45) is 5.41 Å². The molecular weight excluding hydrogens is 608 g/mol. The van der Waals surface area contributed by atoms with Crippen molar-refractivity contribution in [2.45, 2.75) is 96.1 Å². The van der Waals surface area contributed by atoms with Crippen molar-refractivity contribution in [1.29, 1.82) is 0 Å². The summed E-state index contributed by atoms with van der Waals surface area (Å²) in [6.07, 6.45) is 1.72. The minimum Gasteiger partial charge on any atom is -0.428 e. The number of nitrogens with zero attached hydrogens (tertiary/aromatic N) is 1.